The van der Waals surface area contributed by atoms with Crippen LogP contribution >= 0.6 is 11.6 Å². The Morgan fingerprint density at radius 2 is 2.16 bits per heavy atom. The summed E-state index contributed by atoms with van der Waals surface area (Å²) in [5.41, 5.74) is 3.23. The molecule has 2 rings (SSSR count). The largest absolute Gasteiger partial charge is 0.481 e. The summed E-state index contributed by atoms with van der Waals surface area (Å²) in [5, 5.41) is 9.61. The molecule has 0 amide bonds. The highest BCUT2D eigenvalue weighted by Crippen LogP contribution is 2.38. The molecular formula is C14H19ClN2O2. The van der Waals surface area contributed by atoms with Crippen LogP contribution < -0.4 is 9.80 Å². The average molecular weight is 283 g/mol. The summed E-state index contributed by atoms with van der Waals surface area (Å²) in [6.07, 6.45) is 1.16. The van der Waals surface area contributed by atoms with Crippen molar-refractivity contribution in [1.82, 2.24) is 0 Å². The first-order valence-electron chi connectivity index (χ1n) is 6.47. The molecule has 4 nitrogen and oxygen atoms in total. The quantitative estimate of drug-likeness (QED) is 0.926. The van der Waals surface area contributed by atoms with Crippen LogP contribution in [0.4, 0.5) is 11.4 Å². The van der Waals surface area contributed by atoms with Crippen LogP contribution in [0.2, 0.25) is 5.02 Å². The Balaban J connectivity index is 2.40. The van der Waals surface area contributed by atoms with Crippen molar-refractivity contribution in [2.24, 2.45) is 0 Å². The lowest BCUT2D eigenvalue weighted by molar-refractivity contribution is -0.136. The second-order valence-corrected chi connectivity index (χ2v) is 5.35. The van der Waals surface area contributed by atoms with Gasteiger partial charge in [-0.05, 0) is 31.0 Å². The van der Waals surface area contributed by atoms with Crippen LogP contribution in [-0.2, 0) is 4.79 Å². The van der Waals surface area contributed by atoms with Gasteiger partial charge in [-0.15, -0.1) is 0 Å². The van der Waals surface area contributed by atoms with Gasteiger partial charge in [-0.3, -0.25) is 4.79 Å². The predicted octanol–water partition coefficient (Wildman–Crippen LogP) is 2.77. The number of carboxylic acids is 1. The molecule has 1 aliphatic heterocycles. The van der Waals surface area contributed by atoms with Crippen LogP contribution in [0.3, 0.4) is 0 Å². The van der Waals surface area contributed by atoms with Crippen molar-refractivity contribution in [3.8, 4) is 0 Å². The summed E-state index contributed by atoms with van der Waals surface area (Å²) in [5.74, 6) is -0.765. The summed E-state index contributed by atoms with van der Waals surface area (Å²) in [4.78, 5) is 15.1. The maximum Gasteiger partial charge on any atom is 0.305 e. The standard InChI is InChI=1S/C14H19ClN2O2/c1-10-11(15)4-5-12-14(10)17(9-6-13(18)19)8-3-7-16(12)2/h4-5H,3,6-9H2,1-2H3,(H,18,19). The number of carboxylic acid groups (broad SMARTS) is 1. The number of fused-ring (bicyclic) bond motifs is 1. The van der Waals surface area contributed by atoms with Crippen LogP contribution in [0, 0.1) is 6.92 Å². The average Bonchev–Trinajstić information content (AvgIpc) is 2.51. The molecule has 1 N–H and O–H groups in total. The van der Waals surface area contributed by atoms with Gasteiger partial charge in [0, 0.05) is 31.7 Å². The molecule has 1 aromatic carbocycles. The molecular weight excluding hydrogens is 264 g/mol. The van der Waals surface area contributed by atoms with E-state index >= 15 is 0 Å². The van der Waals surface area contributed by atoms with Crippen LogP contribution in [0.15, 0.2) is 12.1 Å². The maximum absolute atomic E-state index is 10.8. The lowest BCUT2D eigenvalue weighted by atomic mass is 10.1. The lowest BCUT2D eigenvalue weighted by Crippen LogP contribution is -2.27. The molecule has 1 heterocycles. The van der Waals surface area contributed by atoms with E-state index < -0.39 is 5.97 Å². The fourth-order valence-electron chi connectivity index (χ4n) is 2.55. The van der Waals surface area contributed by atoms with Crippen molar-refractivity contribution in [3.63, 3.8) is 0 Å². The molecule has 0 saturated carbocycles. The third kappa shape index (κ3) is 2.95. The molecule has 104 valence electrons. The number of halogens is 1. The van der Waals surface area contributed by atoms with Crippen molar-refractivity contribution < 1.29 is 9.90 Å². The maximum atomic E-state index is 10.8. The molecule has 0 unspecified atom stereocenters. The van der Waals surface area contributed by atoms with Gasteiger partial charge >= 0.3 is 5.97 Å². The van der Waals surface area contributed by atoms with E-state index in [1.807, 2.05) is 19.1 Å². The zero-order valence-corrected chi connectivity index (χ0v) is 12.1. The topological polar surface area (TPSA) is 43.8 Å². The molecule has 0 saturated heterocycles. The normalized spacial score (nSPS) is 15.1. The first kappa shape index (κ1) is 14.0. The van der Waals surface area contributed by atoms with E-state index in [4.69, 9.17) is 16.7 Å². The van der Waals surface area contributed by atoms with Crippen molar-refractivity contribution in [2.75, 3.05) is 36.5 Å². The van der Waals surface area contributed by atoms with Gasteiger partial charge in [0.25, 0.3) is 0 Å². The fraction of sp³-hybridized carbons (Fsp3) is 0.500. The second kappa shape index (κ2) is 5.70. The Morgan fingerprint density at radius 3 is 2.84 bits per heavy atom. The van der Waals surface area contributed by atoms with Crippen LogP contribution in [0.1, 0.15) is 18.4 Å². The summed E-state index contributed by atoms with van der Waals surface area (Å²) in [7, 11) is 2.06. The predicted molar refractivity (Wildman–Crippen MR) is 78.5 cm³/mol. The van der Waals surface area contributed by atoms with Crippen molar-refractivity contribution >= 4 is 28.9 Å². The monoisotopic (exact) mass is 282 g/mol. The van der Waals surface area contributed by atoms with Gasteiger partial charge in [0.1, 0.15) is 0 Å². The number of anilines is 2. The summed E-state index contributed by atoms with van der Waals surface area (Å²) in [6.45, 7) is 4.36. The van der Waals surface area contributed by atoms with E-state index in [2.05, 4.69) is 16.8 Å². The van der Waals surface area contributed by atoms with Gasteiger partial charge in [-0.25, -0.2) is 0 Å². The molecule has 0 aromatic heterocycles. The zero-order valence-electron chi connectivity index (χ0n) is 11.3. The minimum absolute atomic E-state index is 0.148. The molecule has 5 heteroatoms. The highest BCUT2D eigenvalue weighted by molar-refractivity contribution is 6.32. The number of hydrogen-bond acceptors (Lipinski definition) is 3. The SMILES string of the molecule is Cc1c(Cl)ccc2c1N(CCC(=O)O)CCCN2C. The van der Waals surface area contributed by atoms with Gasteiger partial charge in [0.15, 0.2) is 0 Å². The molecule has 1 aliphatic rings. The van der Waals surface area contributed by atoms with E-state index in [1.165, 1.54) is 0 Å². The number of nitrogens with zero attached hydrogens (tertiary/aromatic N) is 2. The van der Waals surface area contributed by atoms with E-state index in [1.54, 1.807) is 0 Å². The summed E-state index contributed by atoms with van der Waals surface area (Å²) < 4.78 is 0. The highest BCUT2D eigenvalue weighted by atomic mass is 35.5. The Labute approximate surface area is 118 Å². The van der Waals surface area contributed by atoms with Gasteiger partial charge in [-0.2, -0.15) is 0 Å². The number of aliphatic carboxylic acids is 1. The van der Waals surface area contributed by atoms with Gasteiger partial charge in [0.2, 0.25) is 0 Å². The zero-order chi connectivity index (χ0) is 14.0. The Hall–Kier alpha value is -1.42. The molecule has 0 radical (unpaired) electrons. The smallest absolute Gasteiger partial charge is 0.305 e. The summed E-state index contributed by atoms with van der Waals surface area (Å²) >= 11 is 6.21. The van der Waals surface area contributed by atoms with E-state index in [0.29, 0.717) is 6.54 Å². The molecule has 0 aliphatic carbocycles. The van der Waals surface area contributed by atoms with E-state index in [9.17, 15) is 4.79 Å². The highest BCUT2D eigenvalue weighted by Gasteiger charge is 2.21. The first-order valence-corrected chi connectivity index (χ1v) is 6.85. The van der Waals surface area contributed by atoms with Gasteiger partial charge < -0.3 is 14.9 Å². The number of carbonyl (C=O) groups is 1. The van der Waals surface area contributed by atoms with Crippen LogP contribution in [0.5, 0.6) is 0 Å². The molecule has 0 bridgehead atoms. The third-order valence-electron chi connectivity index (χ3n) is 3.59. The second-order valence-electron chi connectivity index (χ2n) is 4.95. The minimum atomic E-state index is -0.765. The summed E-state index contributed by atoms with van der Waals surface area (Å²) in [6, 6.07) is 3.93. The lowest BCUT2D eigenvalue weighted by Gasteiger charge is -2.28. The van der Waals surface area contributed by atoms with E-state index in [0.717, 1.165) is 41.5 Å². The fourth-order valence-corrected chi connectivity index (χ4v) is 2.71. The molecule has 0 spiro atoms. The van der Waals surface area contributed by atoms with Crippen molar-refractivity contribution in [2.45, 2.75) is 19.8 Å². The van der Waals surface area contributed by atoms with Gasteiger partial charge in [0.05, 0.1) is 17.8 Å². The van der Waals surface area contributed by atoms with E-state index in [-0.39, 0.29) is 6.42 Å². The minimum Gasteiger partial charge on any atom is -0.481 e. The third-order valence-corrected chi connectivity index (χ3v) is 4.00. The first-order chi connectivity index (χ1) is 9.00. The van der Waals surface area contributed by atoms with Crippen LogP contribution in [-0.4, -0.2) is 37.8 Å². The number of benzene rings is 1. The molecule has 0 atom stereocenters. The van der Waals surface area contributed by atoms with Crippen LogP contribution in [0.25, 0.3) is 0 Å². The number of hydrogen-bond donors (Lipinski definition) is 1. The number of rotatable bonds is 3. The molecule has 19 heavy (non-hydrogen) atoms. The van der Waals surface area contributed by atoms with Crippen molar-refractivity contribution in [1.29, 1.82) is 0 Å². The molecule has 1 aromatic rings. The Kier molecular flexibility index (Phi) is 4.20. The van der Waals surface area contributed by atoms with Gasteiger partial charge in [-0.1, -0.05) is 11.6 Å². The Bertz CT molecular complexity index is 491. The molecule has 0 fully saturated rings. The Morgan fingerprint density at radius 1 is 1.42 bits per heavy atom. The van der Waals surface area contributed by atoms with Crippen molar-refractivity contribution in [3.05, 3.63) is 22.7 Å².